The first kappa shape index (κ1) is 10.5. The van der Waals surface area contributed by atoms with Crippen molar-refractivity contribution in [3.63, 3.8) is 0 Å². The van der Waals surface area contributed by atoms with Gasteiger partial charge in [0.25, 0.3) is 0 Å². The largest absolute Gasteiger partial charge is 0.374 e. The zero-order valence-electron chi connectivity index (χ0n) is 7.96. The van der Waals surface area contributed by atoms with Crippen LogP contribution in [0.3, 0.4) is 0 Å². The van der Waals surface area contributed by atoms with Gasteiger partial charge >= 0.3 is 0 Å². The molecule has 0 aliphatic carbocycles. The first-order valence-corrected chi connectivity index (χ1v) is 4.45. The number of amides is 1. The first-order chi connectivity index (χ1) is 6.63. The fraction of sp³-hybridized carbons (Fsp3) is 0.300. The molecule has 0 bridgehead atoms. The quantitative estimate of drug-likeness (QED) is 0.766. The van der Waals surface area contributed by atoms with Crippen LogP contribution in [0, 0.1) is 5.82 Å². The predicted molar refractivity (Wildman–Crippen MR) is 53.3 cm³/mol. The Balaban J connectivity index is 2.72. The fourth-order valence-corrected chi connectivity index (χ4v) is 1.15. The molecule has 0 saturated carbocycles. The van der Waals surface area contributed by atoms with E-state index >= 15 is 0 Å². The van der Waals surface area contributed by atoms with E-state index < -0.39 is 11.9 Å². The third kappa shape index (κ3) is 2.73. The average Bonchev–Trinajstić information content (AvgIpc) is 2.14. The van der Waals surface area contributed by atoms with E-state index in [0.717, 1.165) is 0 Å². The summed E-state index contributed by atoms with van der Waals surface area (Å²) in [5, 5.41) is 2.85. The van der Waals surface area contributed by atoms with E-state index in [9.17, 15) is 9.18 Å². The lowest BCUT2D eigenvalue weighted by molar-refractivity contribution is -0.118. The van der Waals surface area contributed by atoms with Gasteiger partial charge in [0, 0.05) is 5.69 Å². The molecule has 3 N–H and O–H groups in total. The molecule has 0 aliphatic rings. The van der Waals surface area contributed by atoms with Gasteiger partial charge in [-0.25, -0.2) is 4.39 Å². The summed E-state index contributed by atoms with van der Waals surface area (Å²) in [6, 6.07) is 5.49. The molecule has 0 aliphatic heterocycles. The molecular weight excluding hydrogens is 183 g/mol. The molecule has 0 saturated heterocycles. The summed E-state index contributed by atoms with van der Waals surface area (Å²) in [7, 11) is 0. The Morgan fingerprint density at radius 3 is 2.86 bits per heavy atom. The highest BCUT2D eigenvalue weighted by atomic mass is 19.1. The van der Waals surface area contributed by atoms with Crippen molar-refractivity contribution >= 4 is 11.6 Å². The van der Waals surface area contributed by atoms with E-state index in [0.29, 0.717) is 12.1 Å². The Kier molecular flexibility index (Phi) is 3.45. The van der Waals surface area contributed by atoms with Gasteiger partial charge < -0.3 is 11.1 Å². The number of nitrogens with two attached hydrogens (primary N) is 1. The molecule has 0 spiro atoms. The lowest BCUT2D eigenvalue weighted by Gasteiger charge is -2.14. The van der Waals surface area contributed by atoms with E-state index in [-0.39, 0.29) is 5.82 Å². The normalized spacial score (nSPS) is 12.1. The summed E-state index contributed by atoms with van der Waals surface area (Å²) in [6.45, 7) is 1.84. The Hall–Kier alpha value is -1.58. The maximum absolute atomic E-state index is 12.8. The van der Waals surface area contributed by atoms with Crippen LogP contribution in [-0.2, 0) is 4.79 Å². The van der Waals surface area contributed by atoms with Crippen molar-refractivity contribution in [3.05, 3.63) is 30.1 Å². The molecule has 1 atom stereocenters. The molecule has 4 heteroatoms. The first-order valence-electron chi connectivity index (χ1n) is 4.45. The van der Waals surface area contributed by atoms with E-state index in [1.165, 1.54) is 12.1 Å². The molecule has 1 rings (SSSR count). The van der Waals surface area contributed by atoms with E-state index in [4.69, 9.17) is 5.73 Å². The zero-order chi connectivity index (χ0) is 10.6. The highest BCUT2D eigenvalue weighted by Gasteiger charge is 2.11. The highest BCUT2D eigenvalue weighted by Crippen LogP contribution is 2.11. The number of halogens is 1. The minimum atomic E-state index is -0.447. The number of benzene rings is 1. The SMILES string of the molecule is CCC(Nc1cccc(F)c1)C(N)=O. The molecule has 0 radical (unpaired) electrons. The molecule has 0 aromatic heterocycles. The summed E-state index contributed by atoms with van der Waals surface area (Å²) in [5.41, 5.74) is 5.70. The molecule has 3 nitrogen and oxygen atoms in total. The van der Waals surface area contributed by atoms with Crippen LogP contribution >= 0.6 is 0 Å². The fourth-order valence-electron chi connectivity index (χ4n) is 1.15. The standard InChI is InChI=1S/C10H13FN2O/c1-2-9(10(12)14)13-8-5-3-4-7(11)6-8/h3-6,9,13H,2H2,1H3,(H2,12,14). The van der Waals surface area contributed by atoms with Crippen LogP contribution in [0.2, 0.25) is 0 Å². The van der Waals surface area contributed by atoms with Crippen molar-refractivity contribution in [1.82, 2.24) is 0 Å². The molecule has 14 heavy (non-hydrogen) atoms. The number of hydrogen-bond acceptors (Lipinski definition) is 2. The lowest BCUT2D eigenvalue weighted by Crippen LogP contribution is -2.34. The summed E-state index contributed by atoms with van der Waals surface area (Å²) in [5.74, 6) is -0.772. The molecule has 1 aromatic carbocycles. The third-order valence-corrected chi connectivity index (χ3v) is 1.92. The number of anilines is 1. The van der Waals surface area contributed by atoms with Gasteiger partial charge in [0.2, 0.25) is 5.91 Å². The van der Waals surface area contributed by atoms with Crippen molar-refractivity contribution < 1.29 is 9.18 Å². The summed E-state index contributed by atoms with van der Waals surface area (Å²) >= 11 is 0. The topological polar surface area (TPSA) is 55.1 Å². The van der Waals surface area contributed by atoms with Crippen LogP contribution in [0.15, 0.2) is 24.3 Å². The van der Waals surface area contributed by atoms with Crippen molar-refractivity contribution in [2.24, 2.45) is 5.73 Å². The highest BCUT2D eigenvalue weighted by molar-refractivity contribution is 5.82. The van der Waals surface area contributed by atoms with Gasteiger partial charge in [-0.1, -0.05) is 13.0 Å². The smallest absolute Gasteiger partial charge is 0.239 e. The van der Waals surface area contributed by atoms with E-state index in [1.807, 2.05) is 6.92 Å². The Morgan fingerprint density at radius 2 is 2.36 bits per heavy atom. The van der Waals surface area contributed by atoms with Gasteiger partial charge in [-0.2, -0.15) is 0 Å². The Bertz CT molecular complexity index is 328. The minimum Gasteiger partial charge on any atom is -0.374 e. The van der Waals surface area contributed by atoms with E-state index in [1.54, 1.807) is 12.1 Å². The van der Waals surface area contributed by atoms with Crippen LogP contribution in [-0.4, -0.2) is 11.9 Å². The zero-order valence-corrected chi connectivity index (χ0v) is 7.96. The van der Waals surface area contributed by atoms with Gasteiger partial charge in [0.05, 0.1) is 0 Å². The van der Waals surface area contributed by atoms with Gasteiger partial charge in [-0.05, 0) is 24.6 Å². The number of hydrogen-bond donors (Lipinski definition) is 2. The maximum atomic E-state index is 12.8. The summed E-state index contributed by atoms with van der Waals surface area (Å²) < 4.78 is 12.8. The third-order valence-electron chi connectivity index (χ3n) is 1.92. The molecule has 0 fully saturated rings. The number of rotatable bonds is 4. The van der Waals surface area contributed by atoms with Crippen LogP contribution in [0.5, 0.6) is 0 Å². The van der Waals surface area contributed by atoms with Crippen molar-refractivity contribution in [2.75, 3.05) is 5.32 Å². The number of nitrogens with one attached hydrogen (secondary N) is 1. The second-order valence-electron chi connectivity index (χ2n) is 3.02. The molecule has 1 unspecified atom stereocenters. The number of carbonyl (C=O) groups is 1. The maximum Gasteiger partial charge on any atom is 0.239 e. The van der Waals surface area contributed by atoms with Crippen LogP contribution in [0.25, 0.3) is 0 Å². The summed E-state index contributed by atoms with van der Waals surface area (Å²) in [6.07, 6.45) is 0.575. The molecule has 0 heterocycles. The van der Waals surface area contributed by atoms with Gasteiger partial charge in [0.1, 0.15) is 11.9 Å². The molecular formula is C10H13FN2O. The molecule has 76 valence electrons. The molecule has 1 amide bonds. The van der Waals surface area contributed by atoms with Crippen molar-refractivity contribution in [1.29, 1.82) is 0 Å². The second kappa shape index (κ2) is 4.60. The van der Waals surface area contributed by atoms with Crippen LogP contribution in [0.4, 0.5) is 10.1 Å². The average molecular weight is 196 g/mol. The van der Waals surface area contributed by atoms with E-state index in [2.05, 4.69) is 5.32 Å². The number of primary amides is 1. The second-order valence-corrected chi connectivity index (χ2v) is 3.02. The predicted octanol–water partition coefficient (Wildman–Crippen LogP) is 1.50. The minimum absolute atomic E-state index is 0.339. The van der Waals surface area contributed by atoms with Crippen molar-refractivity contribution in [3.8, 4) is 0 Å². The van der Waals surface area contributed by atoms with Crippen LogP contribution in [0.1, 0.15) is 13.3 Å². The van der Waals surface area contributed by atoms with Gasteiger partial charge in [-0.3, -0.25) is 4.79 Å². The lowest BCUT2D eigenvalue weighted by atomic mass is 10.2. The molecule has 1 aromatic rings. The number of carbonyl (C=O) groups excluding carboxylic acids is 1. The van der Waals surface area contributed by atoms with Gasteiger partial charge in [-0.15, -0.1) is 0 Å². The van der Waals surface area contributed by atoms with Crippen LogP contribution < -0.4 is 11.1 Å². The summed E-state index contributed by atoms with van der Waals surface area (Å²) in [4.78, 5) is 10.9. The monoisotopic (exact) mass is 196 g/mol. The Labute approximate surface area is 82.1 Å². The van der Waals surface area contributed by atoms with Crippen molar-refractivity contribution in [2.45, 2.75) is 19.4 Å². The van der Waals surface area contributed by atoms with Gasteiger partial charge in [0.15, 0.2) is 0 Å². The Morgan fingerprint density at radius 1 is 1.64 bits per heavy atom.